The Morgan fingerprint density at radius 2 is 1.85 bits per heavy atom. The van der Waals surface area contributed by atoms with Gasteiger partial charge in [0.05, 0.1) is 15.6 Å². The van der Waals surface area contributed by atoms with Crippen molar-refractivity contribution in [1.82, 2.24) is 15.8 Å². The third-order valence-electron chi connectivity index (χ3n) is 2.38. The molecule has 2 aromatic rings. The first-order chi connectivity index (χ1) is 9.49. The van der Waals surface area contributed by atoms with Crippen molar-refractivity contribution in [2.45, 2.75) is 0 Å². The normalized spacial score (nSPS) is 10.2. The van der Waals surface area contributed by atoms with Crippen LogP contribution in [0, 0.1) is 0 Å². The number of nitrogens with one attached hydrogen (secondary N) is 3. The molecule has 0 aliphatic heterocycles. The van der Waals surface area contributed by atoms with Crippen LogP contribution in [-0.2, 0) is 0 Å². The van der Waals surface area contributed by atoms with Gasteiger partial charge in [-0.2, -0.15) is 0 Å². The molecule has 8 heteroatoms. The molecule has 0 aliphatic rings. The fourth-order valence-corrected chi connectivity index (χ4v) is 2.16. The second-order valence-corrected chi connectivity index (χ2v) is 5.44. The molecule has 104 valence electrons. The highest BCUT2D eigenvalue weighted by Gasteiger charge is 2.14. The lowest BCUT2D eigenvalue weighted by Crippen LogP contribution is -2.41. The summed E-state index contributed by atoms with van der Waals surface area (Å²) in [7, 11) is 0. The van der Waals surface area contributed by atoms with Crippen LogP contribution in [0.5, 0.6) is 0 Å². The summed E-state index contributed by atoms with van der Waals surface area (Å²) in [5.41, 5.74) is 5.00. The number of aromatic amines is 1. The maximum absolute atomic E-state index is 11.9. The van der Waals surface area contributed by atoms with Gasteiger partial charge in [0.2, 0.25) is 0 Å². The van der Waals surface area contributed by atoms with Gasteiger partial charge in [0, 0.05) is 10.7 Å². The summed E-state index contributed by atoms with van der Waals surface area (Å²) in [4.78, 5) is 26.3. The van der Waals surface area contributed by atoms with Crippen molar-refractivity contribution < 1.29 is 9.59 Å². The van der Waals surface area contributed by atoms with Crippen LogP contribution in [0.1, 0.15) is 20.8 Å². The van der Waals surface area contributed by atoms with E-state index in [0.717, 1.165) is 4.47 Å². The van der Waals surface area contributed by atoms with Gasteiger partial charge in [-0.15, -0.1) is 0 Å². The third-order valence-corrected chi connectivity index (χ3v) is 3.65. The molecule has 0 aliphatic carbocycles. The highest BCUT2D eigenvalue weighted by Crippen LogP contribution is 2.25. The van der Waals surface area contributed by atoms with E-state index in [4.69, 9.17) is 23.2 Å². The molecule has 2 rings (SSSR count). The van der Waals surface area contributed by atoms with Crippen LogP contribution in [0.15, 0.2) is 34.9 Å². The van der Waals surface area contributed by atoms with Gasteiger partial charge in [-0.05, 0) is 34.1 Å². The molecule has 0 radical (unpaired) electrons. The van der Waals surface area contributed by atoms with E-state index in [-0.39, 0.29) is 15.6 Å². The number of carbonyl (C=O) groups excluding carboxylic acids is 2. The molecule has 0 atom stereocenters. The number of hydrogen-bond acceptors (Lipinski definition) is 2. The SMILES string of the molecule is O=C(NNC(=O)c1cccc(Cl)c1Cl)c1cc(Br)c[nH]1. The van der Waals surface area contributed by atoms with Gasteiger partial charge in [-0.3, -0.25) is 20.4 Å². The van der Waals surface area contributed by atoms with Crippen LogP contribution < -0.4 is 10.9 Å². The van der Waals surface area contributed by atoms with E-state index in [9.17, 15) is 9.59 Å². The van der Waals surface area contributed by atoms with Crippen LogP contribution in [-0.4, -0.2) is 16.8 Å². The minimum atomic E-state index is -0.559. The highest BCUT2D eigenvalue weighted by atomic mass is 79.9. The molecule has 0 bridgehead atoms. The van der Waals surface area contributed by atoms with Gasteiger partial charge < -0.3 is 4.98 Å². The smallest absolute Gasteiger partial charge is 0.286 e. The summed E-state index contributed by atoms with van der Waals surface area (Å²) in [6, 6.07) is 6.23. The molecule has 1 aromatic carbocycles. The molecule has 1 aromatic heterocycles. The summed E-state index contributed by atoms with van der Waals surface area (Å²) in [6.45, 7) is 0. The predicted molar refractivity (Wildman–Crippen MR) is 79.9 cm³/mol. The number of hydrogen-bond donors (Lipinski definition) is 3. The highest BCUT2D eigenvalue weighted by molar-refractivity contribution is 9.10. The summed E-state index contributed by atoms with van der Waals surface area (Å²) in [5.74, 6) is -1.04. The molecule has 0 saturated carbocycles. The summed E-state index contributed by atoms with van der Waals surface area (Å²) in [5, 5.41) is 0.391. The van der Waals surface area contributed by atoms with Crippen LogP contribution in [0.25, 0.3) is 0 Å². The van der Waals surface area contributed by atoms with Crippen molar-refractivity contribution in [3.8, 4) is 0 Å². The Morgan fingerprint density at radius 1 is 1.15 bits per heavy atom. The molecule has 3 N–H and O–H groups in total. The van der Waals surface area contributed by atoms with E-state index in [2.05, 4.69) is 31.8 Å². The molecule has 0 unspecified atom stereocenters. The molecular formula is C12H8BrCl2N3O2. The average Bonchev–Trinajstić information content (AvgIpc) is 2.85. The summed E-state index contributed by atoms with van der Waals surface area (Å²) in [6.07, 6.45) is 1.60. The van der Waals surface area contributed by atoms with Crippen LogP contribution in [0.3, 0.4) is 0 Å². The van der Waals surface area contributed by atoms with E-state index < -0.39 is 11.8 Å². The quantitative estimate of drug-likeness (QED) is 0.704. The first-order valence-corrected chi connectivity index (χ1v) is 6.92. The van der Waals surface area contributed by atoms with E-state index in [0.29, 0.717) is 5.69 Å². The maximum atomic E-state index is 11.9. The van der Waals surface area contributed by atoms with Crippen molar-refractivity contribution in [3.05, 3.63) is 56.2 Å². The fraction of sp³-hybridized carbons (Fsp3) is 0. The number of hydrazine groups is 1. The number of rotatable bonds is 2. The number of halogens is 3. The van der Waals surface area contributed by atoms with Gasteiger partial charge in [0.1, 0.15) is 5.69 Å². The Kier molecular flexibility index (Phi) is 4.69. The van der Waals surface area contributed by atoms with Gasteiger partial charge in [0.25, 0.3) is 11.8 Å². The molecule has 0 fully saturated rings. The lowest BCUT2D eigenvalue weighted by molar-refractivity contribution is 0.0844. The monoisotopic (exact) mass is 375 g/mol. The molecule has 0 spiro atoms. The van der Waals surface area contributed by atoms with Crippen LogP contribution in [0.2, 0.25) is 10.0 Å². The van der Waals surface area contributed by atoms with Crippen molar-refractivity contribution in [2.75, 3.05) is 0 Å². The third kappa shape index (κ3) is 3.33. The lowest BCUT2D eigenvalue weighted by atomic mass is 10.2. The van der Waals surface area contributed by atoms with Crippen molar-refractivity contribution in [1.29, 1.82) is 0 Å². The number of aromatic nitrogens is 1. The Balaban J connectivity index is 2.02. The Labute approximate surface area is 132 Å². The first kappa shape index (κ1) is 14.9. The second-order valence-electron chi connectivity index (χ2n) is 3.74. The van der Waals surface area contributed by atoms with Gasteiger partial charge in [0.15, 0.2) is 0 Å². The Bertz CT molecular complexity index is 672. The Morgan fingerprint density at radius 3 is 2.50 bits per heavy atom. The zero-order valence-electron chi connectivity index (χ0n) is 9.84. The van der Waals surface area contributed by atoms with Crippen molar-refractivity contribution >= 4 is 50.9 Å². The standard InChI is InChI=1S/C12H8BrCl2N3O2/c13-6-4-9(16-5-6)12(20)18-17-11(19)7-2-1-3-8(14)10(7)15/h1-5,16H,(H,17,19)(H,18,20). The van der Waals surface area contributed by atoms with Gasteiger partial charge in [-0.1, -0.05) is 29.3 Å². The van der Waals surface area contributed by atoms with E-state index in [1.807, 2.05) is 0 Å². The van der Waals surface area contributed by atoms with Crippen molar-refractivity contribution in [2.24, 2.45) is 0 Å². The van der Waals surface area contributed by atoms with E-state index in [1.54, 1.807) is 24.4 Å². The lowest BCUT2D eigenvalue weighted by Gasteiger charge is -2.08. The molecule has 5 nitrogen and oxygen atoms in total. The number of carbonyl (C=O) groups is 2. The average molecular weight is 377 g/mol. The molecule has 2 amide bonds. The first-order valence-electron chi connectivity index (χ1n) is 5.37. The maximum Gasteiger partial charge on any atom is 0.286 e. The van der Waals surface area contributed by atoms with Gasteiger partial charge >= 0.3 is 0 Å². The molecule has 0 saturated heterocycles. The largest absolute Gasteiger partial charge is 0.356 e. The molecule has 1 heterocycles. The minimum Gasteiger partial charge on any atom is -0.356 e. The summed E-state index contributed by atoms with van der Waals surface area (Å²) >= 11 is 14.9. The van der Waals surface area contributed by atoms with Gasteiger partial charge in [-0.25, -0.2) is 0 Å². The minimum absolute atomic E-state index is 0.128. The number of H-pyrrole nitrogens is 1. The zero-order valence-corrected chi connectivity index (χ0v) is 12.9. The Hall–Kier alpha value is -1.50. The number of benzene rings is 1. The fourth-order valence-electron chi connectivity index (χ4n) is 1.43. The van der Waals surface area contributed by atoms with Crippen molar-refractivity contribution in [3.63, 3.8) is 0 Å². The summed E-state index contributed by atoms with van der Waals surface area (Å²) < 4.78 is 0.729. The molecule has 20 heavy (non-hydrogen) atoms. The predicted octanol–water partition coefficient (Wildman–Crippen LogP) is 3.16. The molecular weight excluding hydrogens is 369 g/mol. The zero-order chi connectivity index (χ0) is 14.7. The topological polar surface area (TPSA) is 74.0 Å². The van der Waals surface area contributed by atoms with Crippen LogP contribution >= 0.6 is 39.1 Å². The number of amides is 2. The van der Waals surface area contributed by atoms with E-state index in [1.165, 1.54) is 6.07 Å². The second kappa shape index (κ2) is 6.30. The van der Waals surface area contributed by atoms with E-state index >= 15 is 0 Å². The van der Waals surface area contributed by atoms with Crippen LogP contribution in [0.4, 0.5) is 0 Å².